The van der Waals surface area contributed by atoms with Gasteiger partial charge in [0.25, 0.3) is 5.91 Å². The van der Waals surface area contributed by atoms with Crippen molar-refractivity contribution >= 4 is 44.2 Å². The first-order chi connectivity index (χ1) is 15.1. The highest BCUT2D eigenvalue weighted by Gasteiger charge is 2.15. The van der Waals surface area contributed by atoms with Gasteiger partial charge in [0.15, 0.2) is 0 Å². The third-order valence-corrected chi connectivity index (χ3v) is 6.15. The summed E-state index contributed by atoms with van der Waals surface area (Å²) < 4.78 is 8.97. The summed E-state index contributed by atoms with van der Waals surface area (Å²) in [5.74, 6) is 1.52. The maximum Gasteiger partial charge on any atom is 0.258 e. The number of ether oxygens (including phenoxy) is 1. The largest absolute Gasteiger partial charge is 0.486 e. The molecular formula is C24H20N4O2S. The number of rotatable bonds is 5. The van der Waals surface area contributed by atoms with Crippen LogP contribution >= 0.6 is 11.3 Å². The van der Waals surface area contributed by atoms with Gasteiger partial charge in [-0.3, -0.25) is 4.79 Å². The van der Waals surface area contributed by atoms with Crippen LogP contribution in [0.5, 0.6) is 5.75 Å². The second kappa shape index (κ2) is 7.85. The Labute approximate surface area is 183 Å². The van der Waals surface area contributed by atoms with Gasteiger partial charge in [0, 0.05) is 25.3 Å². The minimum Gasteiger partial charge on any atom is -0.486 e. The molecule has 2 aromatic heterocycles. The number of aromatic nitrogens is 3. The minimum atomic E-state index is -0.0660. The van der Waals surface area contributed by atoms with Crippen molar-refractivity contribution in [2.24, 2.45) is 7.05 Å². The van der Waals surface area contributed by atoms with E-state index < -0.39 is 0 Å². The van der Waals surface area contributed by atoms with Crippen molar-refractivity contribution in [2.75, 3.05) is 11.9 Å². The topological polar surface area (TPSA) is 60.3 Å². The zero-order valence-corrected chi connectivity index (χ0v) is 18.0. The molecule has 0 atom stereocenters. The lowest BCUT2D eigenvalue weighted by Crippen LogP contribution is -2.26. The zero-order chi connectivity index (χ0) is 21.4. The number of hydrogen-bond donors (Lipinski definition) is 0. The fraction of sp³-hybridized carbons (Fsp3) is 0.125. The van der Waals surface area contributed by atoms with E-state index in [-0.39, 0.29) is 5.91 Å². The molecule has 5 aromatic rings. The second-order valence-corrected chi connectivity index (χ2v) is 8.14. The van der Waals surface area contributed by atoms with E-state index in [4.69, 9.17) is 4.74 Å². The van der Waals surface area contributed by atoms with Crippen LogP contribution in [0.1, 0.15) is 16.2 Å². The Morgan fingerprint density at radius 2 is 1.87 bits per heavy atom. The fourth-order valence-electron chi connectivity index (χ4n) is 3.54. The second-order valence-electron chi connectivity index (χ2n) is 7.26. The number of anilines is 1. The van der Waals surface area contributed by atoms with E-state index >= 15 is 0 Å². The van der Waals surface area contributed by atoms with Gasteiger partial charge in [0.2, 0.25) is 0 Å². The van der Waals surface area contributed by atoms with Crippen LogP contribution in [0.4, 0.5) is 5.69 Å². The normalized spacial score (nSPS) is 11.2. The number of hydrogen-bond acceptors (Lipinski definition) is 5. The predicted octanol–water partition coefficient (Wildman–Crippen LogP) is 5.04. The van der Waals surface area contributed by atoms with E-state index in [1.807, 2.05) is 78.3 Å². The minimum absolute atomic E-state index is 0.0660. The standard InChI is InChI=1S/C24H20N4O2S/c1-27(24(29)16-7-12-20-22(13-16)31-15-25-20)17-8-10-18(11-9-17)30-14-23-26-19-5-3-4-6-21(19)28(23)2/h3-13,15H,14H2,1-2H3. The van der Waals surface area contributed by atoms with E-state index in [0.717, 1.165) is 38.5 Å². The monoisotopic (exact) mass is 428 g/mol. The van der Waals surface area contributed by atoms with Crippen molar-refractivity contribution in [2.45, 2.75) is 6.61 Å². The van der Waals surface area contributed by atoms with Crippen LogP contribution in [0.3, 0.4) is 0 Å². The van der Waals surface area contributed by atoms with Crippen molar-refractivity contribution in [3.63, 3.8) is 0 Å². The Morgan fingerprint density at radius 3 is 2.68 bits per heavy atom. The van der Waals surface area contributed by atoms with Gasteiger partial charge in [-0.05, 0) is 54.6 Å². The summed E-state index contributed by atoms with van der Waals surface area (Å²) in [4.78, 5) is 23.4. The number of amides is 1. The SMILES string of the molecule is CN(C(=O)c1ccc2ncsc2c1)c1ccc(OCc2nc3ccccc3n2C)cc1. The molecule has 31 heavy (non-hydrogen) atoms. The van der Waals surface area contributed by atoms with Gasteiger partial charge in [-0.2, -0.15) is 0 Å². The molecule has 0 saturated carbocycles. The molecule has 0 N–H and O–H groups in total. The number of nitrogens with zero attached hydrogens (tertiary/aromatic N) is 4. The van der Waals surface area contributed by atoms with Gasteiger partial charge in [-0.25, -0.2) is 9.97 Å². The summed E-state index contributed by atoms with van der Waals surface area (Å²) in [6.07, 6.45) is 0. The third kappa shape index (κ3) is 3.64. The van der Waals surface area contributed by atoms with E-state index in [1.165, 1.54) is 11.3 Å². The Bertz CT molecular complexity index is 1390. The summed E-state index contributed by atoms with van der Waals surface area (Å²) in [7, 11) is 3.76. The Hall–Kier alpha value is -3.71. The average molecular weight is 429 g/mol. The zero-order valence-electron chi connectivity index (χ0n) is 17.1. The van der Waals surface area contributed by atoms with Crippen molar-refractivity contribution in [3.8, 4) is 5.75 Å². The van der Waals surface area contributed by atoms with Crippen LogP contribution in [0.25, 0.3) is 21.3 Å². The molecule has 1 amide bonds. The molecule has 3 aromatic carbocycles. The molecule has 2 heterocycles. The first-order valence-electron chi connectivity index (χ1n) is 9.84. The van der Waals surface area contributed by atoms with Gasteiger partial charge in [0.1, 0.15) is 18.2 Å². The molecule has 0 aliphatic heterocycles. The molecule has 0 saturated heterocycles. The van der Waals surface area contributed by atoms with Gasteiger partial charge in [-0.1, -0.05) is 12.1 Å². The lowest BCUT2D eigenvalue weighted by molar-refractivity contribution is 0.0993. The lowest BCUT2D eigenvalue weighted by atomic mass is 10.2. The number of carbonyl (C=O) groups is 1. The number of aryl methyl sites for hydroxylation is 1. The highest BCUT2D eigenvalue weighted by Crippen LogP contribution is 2.24. The summed E-state index contributed by atoms with van der Waals surface area (Å²) >= 11 is 1.53. The van der Waals surface area contributed by atoms with Crippen molar-refractivity contribution < 1.29 is 9.53 Å². The number of carbonyl (C=O) groups excluding carboxylic acids is 1. The lowest BCUT2D eigenvalue weighted by Gasteiger charge is -2.18. The highest BCUT2D eigenvalue weighted by molar-refractivity contribution is 7.16. The van der Waals surface area contributed by atoms with Crippen LogP contribution < -0.4 is 9.64 Å². The van der Waals surface area contributed by atoms with E-state index in [2.05, 4.69) is 9.97 Å². The Balaban J connectivity index is 1.28. The first kappa shape index (κ1) is 19.3. The third-order valence-electron chi connectivity index (χ3n) is 5.35. The van der Waals surface area contributed by atoms with Gasteiger partial charge < -0.3 is 14.2 Å². The van der Waals surface area contributed by atoms with Crippen molar-refractivity contribution in [1.29, 1.82) is 0 Å². The fourth-order valence-corrected chi connectivity index (χ4v) is 4.25. The molecule has 154 valence electrons. The predicted molar refractivity (Wildman–Crippen MR) is 124 cm³/mol. The molecule has 0 spiro atoms. The molecule has 0 bridgehead atoms. The highest BCUT2D eigenvalue weighted by atomic mass is 32.1. The van der Waals surface area contributed by atoms with Gasteiger partial charge in [-0.15, -0.1) is 11.3 Å². The number of para-hydroxylation sites is 2. The number of imidazole rings is 1. The summed E-state index contributed by atoms with van der Waals surface area (Å²) in [5.41, 5.74) is 6.16. The van der Waals surface area contributed by atoms with Gasteiger partial charge in [0.05, 0.1) is 26.8 Å². The van der Waals surface area contributed by atoms with Crippen LogP contribution in [0.15, 0.2) is 72.2 Å². The van der Waals surface area contributed by atoms with Crippen molar-refractivity contribution in [3.05, 3.63) is 83.6 Å². The first-order valence-corrected chi connectivity index (χ1v) is 10.7. The Kier molecular flexibility index (Phi) is 4.88. The molecule has 7 heteroatoms. The smallest absolute Gasteiger partial charge is 0.258 e. The quantitative estimate of drug-likeness (QED) is 0.394. The molecule has 6 nitrogen and oxygen atoms in total. The van der Waals surface area contributed by atoms with Crippen molar-refractivity contribution in [1.82, 2.24) is 14.5 Å². The van der Waals surface area contributed by atoms with E-state index in [9.17, 15) is 4.79 Å². The number of benzene rings is 3. The van der Waals surface area contributed by atoms with E-state index in [1.54, 1.807) is 17.5 Å². The molecule has 0 aliphatic rings. The number of thiazole rings is 1. The maximum atomic E-state index is 12.9. The van der Waals surface area contributed by atoms with E-state index in [0.29, 0.717) is 12.2 Å². The molecule has 0 unspecified atom stereocenters. The summed E-state index contributed by atoms with van der Waals surface area (Å²) in [6.45, 7) is 0.369. The molecule has 5 rings (SSSR count). The Morgan fingerprint density at radius 1 is 1.06 bits per heavy atom. The molecule has 0 aliphatic carbocycles. The average Bonchev–Trinajstić information content (AvgIpc) is 3.41. The molecule has 0 fully saturated rings. The summed E-state index contributed by atoms with van der Waals surface area (Å²) in [5, 5.41) is 0. The molecule has 0 radical (unpaired) electrons. The van der Waals surface area contributed by atoms with Crippen LogP contribution in [0, 0.1) is 0 Å². The van der Waals surface area contributed by atoms with Crippen LogP contribution in [0.2, 0.25) is 0 Å². The number of fused-ring (bicyclic) bond motifs is 2. The van der Waals surface area contributed by atoms with Crippen LogP contribution in [-0.2, 0) is 13.7 Å². The maximum absolute atomic E-state index is 12.9. The molecular weight excluding hydrogens is 408 g/mol. The summed E-state index contributed by atoms with van der Waals surface area (Å²) in [6, 6.07) is 21.1. The van der Waals surface area contributed by atoms with Crippen LogP contribution in [-0.4, -0.2) is 27.5 Å². The van der Waals surface area contributed by atoms with Gasteiger partial charge >= 0.3 is 0 Å².